The lowest BCUT2D eigenvalue weighted by molar-refractivity contribution is -0.384. The second-order valence-electron chi connectivity index (χ2n) is 4.95. The van der Waals surface area contributed by atoms with E-state index < -0.39 is 22.5 Å². The normalized spacial score (nSPS) is 10.2. The Balaban J connectivity index is 2.22. The molecule has 0 atom stereocenters. The minimum atomic E-state index is -1.21. The van der Waals surface area contributed by atoms with Gasteiger partial charge in [-0.1, -0.05) is 27.5 Å². The Morgan fingerprint density at radius 3 is 2.48 bits per heavy atom. The van der Waals surface area contributed by atoms with Crippen molar-refractivity contribution in [2.24, 2.45) is 0 Å². The topological polar surface area (TPSA) is 122 Å². The number of nitro benzene ring substituents is 1. The van der Waals surface area contributed by atoms with Crippen LogP contribution in [-0.4, -0.2) is 27.0 Å². The van der Waals surface area contributed by atoms with Crippen LogP contribution in [0.5, 0.6) is 0 Å². The molecule has 0 heterocycles. The first-order valence-corrected chi connectivity index (χ1v) is 9.26. The third-order valence-electron chi connectivity index (χ3n) is 3.16. The zero-order valence-electron chi connectivity index (χ0n) is 13.0. The lowest BCUT2D eigenvalue weighted by Crippen LogP contribution is -2.34. The maximum absolute atomic E-state index is 12.2. The van der Waals surface area contributed by atoms with Gasteiger partial charge in [0, 0.05) is 20.6 Å². The maximum atomic E-state index is 12.2. The fourth-order valence-electron chi connectivity index (χ4n) is 1.98. The van der Waals surface area contributed by atoms with Crippen LogP contribution in [0.4, 0.5) is 11.4 Å². The predicted molar refractivity (Wildman–Crippen MR) is 111 cm³/mol. The zero-order chi connectivity index (χ0) is 20.3. The molecule has 2 aromatic carbocycles. The molecule has 140 valence electrons. The number of halogens is 3. The molecule has 0 spiro atoms. The first-order chi connectivity index (χ1) is 12.6. The summed E-state index contributed by atoms with van der Waals surface area (Å²) in [5.41, 5.74) is -0.413. The highest BCUT2D eigenvalue weighted by Gasteiger charge is 2.19. The molecule has 0 radical (unpaired) electrons. The van der Waals surface area contributed by atoms with Crippen LogP contribution < -0.4 is 10.6 Å². The Morgan fingerprint density at radius 1 is 1.22 bits per heavy atom. The lowest BCUT2D eigenvalue weighted by Gasteiger charge is -2.14. The number of nitrogens with one attached hydrogen (secondary N) is 2. The highest BCUT2D eigenvalue weighted by atomic mass is 79.9. The molecule has 0 aliphatic heterocycles. The maximum Gasteiger partial charge on any atom is 0.337 e. The molecule has 8 nitrogen and oxygen atoms in total. The highest BCUT2D eigenvalue weighted by Crippen LogP contribution is 2.31. The molecule has 0 bridgehead atoms. The van der Waals surface area contributed by atoms with Crippen molar-refractivity contribution in [1.82, 2.24) is 5.32 Å². The summed E-state index contributed by atoms with van der Waals surface area (Å²) in [6.07, 6.45) is 0. The molecule has 0 aliphatic rings. The van der Waals surface area contributed by atoms with Crippen LogP contribution in [0.2, 0.25) is 5.02 Å². The van der Waals surface area contributed by atoms with E-state index in [1.54, 1.807) is 6.07 Å². The lowest BCUT2D eigenvalue weighted by atomic mass is 10.2. The molecule has 27 heavy (non-hydrogen) atoms. The molecule has 2 rings (SSSR count). The fourth-order valence-corrected chi connectivity index (χ4v) is 3.69. The van der Waals surface area contributed by atoms with Crippen LogP contribution in [0.15, 0.2) is 39.3 Å². The van der Waals surface area contributed by atoms with Crippen LogP contribution in [-0.2, 0) is 0 Å². The Bertz CT molecular complexity index is 986. The van der Waals surface area contributed by atoms with Gasteiger partial charge in [0.25, 0.3) is 11.6 Å². The number of rotatable bonds is 4. The summed E-state index contributed by atoms with van der Waals surface area (Å²) in [7, 11) is 0. The van der Waals surface area contributed by atoms with E-state index in [4.69, 9.17) is 23.8 Å². The smallest absolute Gasteiger partial charge is 0.337 e. The van der Waals surface area contributed by atoms with E-state index in [1.165, 1.54) is 18.2 Å². The summed E-state index contributed by atoms with van der Waals surface area (Å²) >= 11 is 17.2. The number of carbonyl (C=O) groups is 2. The molecule has 2 aromatic rings. The van der Waals surface area contributed by atoms with E-state index in [2.05, 4.69) is 42.5 Å². The number of aromatic carboxylic acids is 1. The summed E-state index contributed by atoms with van der Waals surface area (Å²) in [4.78, 5) is 33.8. The first kappa shape index (κ1) is 21.2. The van der Waals surface area contributed by atoms with Gasteiger partial charge in [-0.15, -0.1) is 0 Å². The number of carboxylic acid groups (broad SMARTS) is 1. The van der Waals surface area contributed by atoms with Gasteiger partial charge < -0.3 is 10.4 Å². The minimum absolute atomic E-state index is 0.0384. The van der Waals surface area contributed by atoms with E-state index in [1.807, 2.05) is 0 Å². The van der Waals surface area contributed by atoms with Crippen molar-refractivity contribution >= 4 is 84.0 Å². The second-order valence-corrected chi connectivity index (χ2v) is 7.53. The van der Waals surface area contributed by atoms with Gasteiger partial charge >= 0.3 is 5.97 Å². The van der Waals surface area contributed by atoms with Crippen molar-refractivity contribution in [2.45, 2.75) is 0 Å². The number of nitro groups is 1. The number of thiocarbonyl (C=S) groups is 1. The molecule has 3 N–H and O–H groups in total. The van der Waals surface area contributed by atoms with Crippen LogP contribution in [0.25, 0.3) is 0 Å². The number of amides is 1. The van der Waals surface area contributed by atoms with Crippen molar-refractivity contribution in [3.63, 3.8) is 0 Å². The molecule has 1 amide bonds. The van der Waals surface area contributed by atoms with Gasteiger partial charge in [0.2, 0.25) is 0 Å². The fraction of sp³-hybridized carbons (Fsp3) is 0. The van der Waals surface area contributed by atoms with Gasteiger partial charge in [-0.25, -0.2) is 4.79 Å². The Hall–Kier alpha value is -2.08. The van der Waals surface area contributed by atoms with Crippen molar-refractivity contribution in [3.05, 3.63) is 65.5 Å². The molecule has 0 saturated carbocycles. The highest BCUT2D eigenvalue weighted by molar-refractivity contribution is 9.11. The van der Waals surface area contributed by atoms with Crippen molar-refractivity contribution in [3.8, 4) is 0 Å². The second kappa shape index (κ2) is 8.74. The van der Waals surface area contributed by atoms with E-state index in [9.17, 15) is 24.8 Å². The predicted octanol–water partition coefficient (Wildman–Crippen LogP) is 4.60. The van der Waals surface area contributed by atoms with Crippen LogP contribution >= 0.6 is 55.7 Å². The van der Waals surface area contributed by atoms with Crippen LogP contribution in [0.1, 0.15) is 20.7 Å². The number of nitrogens with zero attached hydrogens (tertiary/aromatic N) is 1. The summed E-state index contributed by atoms with van der Waals surface area (Å²) in [6, 6.07) is 6.49. The van der Waals surface area contributed by atoms with Gasteiger partial charge in [0.1, 0.15) is 5.02 Å². The first-order valence-electron chi connectivity index (χ1n) is 6.88. The molecule has 0 saturated heterocycles. The number of anilines is 1. The molecular weight excluding hydrogens is 530 g/mol. The average molecular weight is 538 g/mol. The standard InChI is InChI=1S/C15H8Br2ClN3O5S/c16-7-4-8(14(23)24)12(9(17)5-7)19-15(27)20-13(22)6-1-2-10(18)11(3-6)21(25)26/h1-5H,(H,23,24)(H2,19,20,22,27). The third-order valence-corrected chi connectivity index (χ3v) is 4.76. The summed E-state index contributed by atoms with van der Waals surface area (Å²) < 4.78 is 0.925. The number of hydrogen-bond donors (Lipinski definition) is 3. The zero-order valence-corrected chi connectivity index (χ0v) is 17.7. The number of carboxylic acids is 1. The van der Waals surface area contributed by atoms with E-state index in [-0.39, 0.29) is 26.9 Å². The van der Waals surface area contributed by atoms with Crippen molar-refractivity contribution < 1.29 is 19.6 Å². The van der Waals surface area contributed by atoms with Gasteiger partial charge in [-0.05, 0) is 52.4 Å². The molecule has 12 heteroatoms. The molecule has 0 aliphatic carbocycles. The monoisotopic (exact) mass is 535 g/mol. The van der Waals surface area contributed by atoms with Gasteiger partial charge in [0.05, 0.1) is 16.2 Å². The third kappa shape index (κ3) is 5.22. The SMILES string of the molecule is O=C(NC(=S)Nc1c(Br)cc(Br)cc1C(=O)O)c1ccc(Cl)c([N+](=O)[O-])c1. The molecule has 0 fully saturated rings. The molecule has 0 unspecified atom stereocenters. The van der Waals surface area contributed by atoms with Crippen LogP contribution in [0, 0.1) is 10.1 Å². The largest absolute Gasteiger partial charge is 0.478 e. The van der Waals surface area contributed by atoms with Gasteiger partial charge in [-0.2, -0.15) is 0 Å². The van der Waals surface area contributed by atoms with Crippen molar-refractivity contribution in [1.29, 1.82) is 0 Å². The Kier molecular flexibility index (Phi) is 6.87. The van der Waals surface area contributed by atoms with E-state index >= 15 is 0 Å². The van der Waals surface area contributed by atoms with Gasteiger partial charge in [0.15, 0.2) is 5.11 Å². The van der Waals surface area contributed by atoms with Crippen molar-refractivity contribution in [2.75, 3.05) is 5.32 Å². The number of carbonyl (C=O) groups excluding carboxylic acids is 1. The quantitative estimate of drug-likeness (QED) is 0.296. The average Bonchev–Trinajstić information content (AvgIpc) is 2.56. The number of benzene rings is 2. The molecule has 0 aromatic heterocycles. The number of hydrogen-bond acceptors (Lipinski definition) is 5. The van der Waals surface area contributed by atoms with Gasteiger partial charge in [-0.3, -0.25) is 20.2 Å². The minimum Gasteiger partial charge on any atom is -0.478 e. The van der Waals surface area contributed by atoms with E-state index in [0.29, 0.717) is 8.95 Å². The van der Waals surface area contributed by atoms with Crippen LogP contribution in [0.3, 0.4) is 0 Å². The molecular formula is C15H8Br2ClN3O5S. The summed E-state index contributed by atoms with van der Waals surface area (Å²) in [6.45, 7) is 0. The Morgan fingerprint density at radius 2 is 1.89 bits per heavy atom. The Labute approximate surface area is 179 Å². The summed E-state index contributed by atoms with van der Waals surface area (Å²) in [5.74, 6) is -1.93. The summed E-state index contributed by atoms with van der Waals surface area (Å²) in [5, 5.41) is 24.9. The van der Waals surface area contributed by atoms with E-state index in [0.717, 1.165) is 6.07 Å².